The van der Waals surface area contributed by atoms with E-state index in [9.17, 15) is 19.5 Å². The number of thiazole rings is 1. The lowest BCUT2D eigenvalue weighted by molar-refractivity contribution is -0.150. The van der Waals surface area contributed by atoms with E-state index in [1.165, 1.54) is 22.0 Å². The molecule has 1 saturated carbocycles. The number of amides is 2. The van der Waals surface area contributed by atoms with E-state index in [0.717, 1.165) is 29.8 Å². The Balaban J connectivity index is 1.52. The van der Waals surface area contributed by atoms with Crippen LogP contribution in [0.5, 0.6) is 0 Å². The normalized spacial score (nSPS) is 25.1. The van der Waals surface area contributed by atoms with E-state index in [0.29, 0.717) is 5.75 Å². The summed E-state index contributed by atoms with van der Waals surface area (Å²) in [6.07, 6.45) is 1.87. The number of nitrogens with zero attached hydrogens (tertiary/aromatic N) is 3. The van der Waals surface area contributed by atoms with Crippen LogP contribution in [0.2, 0.25) is 0 Å². The van der Waals surface area contributed by atoms with Crippen molar-refractivity contribution in [3.05, 3.63) is 22.3 Å². The number of carbonyl (C=O) groups is 3. The van der Waals surface area contributed by atoms with Crippen molar-refractivity contribution in [2.75, 3.05) is 11.5 Å². The van der Waals surface area contributed by atoms with Gasteiger partial charge < -0.3 is 21.4 Å². The Kier molecular flexibility index (Phi) is 4.30. The van der Waals surface area contributed by atoms with Crippen molar-refractivity contribution in [2.24, 2.45) is 11.1 Å². The van der Waals surface area contributed by atoms with E-state index in [-0.39, 0.29) is 28.2 Å². The third-order valence-electron chi connectivity index (χ3n) is 4.64. The number of oxime groups is 1. The molecule has 2 amide bonds. The number of hydrogen-bond donors (Lipinski definition) is 4. The number of β-lactam (4-membered cyclic amide) rings is 1. The molecule has 142 valence electrons. The molecular formula is C15H15N5O5S2. The first-order chi connectivity index (χ1) is 12.9. The summed E-state index contributed by atoms with van der Waals surface area (Å²) in [5, 5.41) is 25.3. The molecule has 12 heteroatoms. The van der Waals surface area contributed by atoms with Gasteiger partial charge in [0.1, 0.15) is 22.8 Å². The van der Waals surface area contributed by atoms with Gasteiger partial charge in [0, 0.05) is 11.1 Å². The molecule has 1 aromatic heterocycles. The number of hydrogen-bond acceptors (Lipinski definition) is 9. The molecule has 1 aromatic rings. The number of nitrogens with two attached hydrogens (primary N) is 1. The first-order valence-electron chi connectivity index (χ1n) is 8.07. The second kappa shape index (κ2) is 6.53. The lowest BCUT2D eigenvalue weighted by Gasteiger charge is -2.49. The number of aromatic nitrogens is 1. The van der Waals surface area contributed by atoms with Crippen LogP contribution < -0.4 is 11.1 Å². The molecule has 3 aliphatic rings. The van der Waals surface area contributed by atoms with Crippen LogP contribution in [-0.2, 0) is 14.4 Å². The number of rotatable bonds is 5. The number of carbonyl (C=O) groups excluding carboxylic acids is 2. The van der Waals surface area contributed by atoms with Crippen LogP contribution in [0.1, 0.15) is 18.5 Å². The van der Waals surface area contributed by atoms with Gasteiger partial charge >= 0.3 is 5.97 Å². The zero-order chi connectivity index (χ0) is 19.3. The molecule has 10 nitrogen and oxygen atoms in total. The second-order valence-corrected chi connectivity index (χ2v) is 8.33. The van der Waals surface area contributed by atoms with Crippen LogP contribution in [0.15, 0.2) is 21.8 Å². The summed E-state index contributed by atoms with van der Waals surface area (Å²) in [5.74, 6) is -1.66. The van der Waals surface area contributed by atoms with E-state index in [4.69, 9.17) is 10.9 Å². The minimum atomic E-state index is -1.13. The molecule has 2 aliphatic heterocycles. The monoisotopic (exact) mass is 409 g/mol. The topological polar surface area (TPSA) is 158 Å². The van der Waals surface area contributed by atoms with Gasteiger partial charge in [-0.1, -0.05) is 5.16 Å². The SMILES string of the molecule is Nc1nc(/C(=N/O)C(=O)N[C@@H]2C(=O)N3C(C(=O)O)=C(C4CC4)CS[C@H]23)cs1. The van der Waals surface area contributed by atoms with Gasteiger partial charge in [-0.05, 0) is 24.3 Å². The van der Waals surface area contributed by atoms with Crippen molar-refractivity contribution in [2.45, 2.75) is 24.3 Å². The van der Waals surface area contributed by atoms with Gasteiger partial charge in [-0.2, -0.15) is 0 Å². The predicted molar refractivity (Wildman–Crippen MR) is 97.3 cm³/mol. The van der Waals surface area contributed by atoms with Crippen molar-refractivity contribution in [3.63, 3.8) is 0 Å². The Hall–Kier alpha value is -2.60. The van der Waals surface area contributed by atoms with E-state index in [1.807, 2.05) is 0 Å². The van der Waals surface area contributed by atoms with Crippen LogP contribution in [0, 0.1) is 5.92 Å². The summed E-state index contributed by atoms with van der Waals surface area (Å²) in [6, 6.07) is -0.898. The maximum atomic E-state index is 12.6. The number of aliphatic carboxylic acids is 1. The van der Waals surface area contributed by atoms with Crippen LogP contribution >= 0.6 is 23.1 Å². The summed E-state index contributed by atoms with van der Waals surface area (Å²) in [7, 11) is 0. The molecule has 5 N–H and O–H groups in total. The average molecular weight is 409 g/mol. The third kappa shape index (κ3) is 2.94. The minimum absolute atomic E-state index is 0.0417. The summed E-state index contributed by atoms with van der Waals surface area (Å²) in [6.45, 7) is 0. The van der Waals surface area contributed by atoms with Crippen molar-refractivity contribution in [1.29, 1.82) is 0 Å². The molecule has 0 bridgehead atoms. The Labute approximate surface area is 161 Å². The molecule has 27 heavy (non-hydrogen) atoms. The highest BCUT2D eigenvalue weighted by Crippen LogP contribution is 2.47. The molecule has 2 fully saturated rings. The summed E-state index contributed by atoms with van der Waals surface area (Å²) in [4.78, 5) is 41.8. The quantitative estimate of drug-likeness (QED) is 0.230. The summed E-state index contributed by atoms with van der Waals surface area (Å²) in [5.41, 5.74) is 6.09. The Bertz CT molecular complexity index is 906. The minimum Gasteiger partial charge on any atom is -0.477 e. The van der Waals surface area contributed by atoms with E-state index < -0.39 is 29.2 Å². The average Bonchev–Trinajstić information content (AvgIpc) is 3.40. The molecule has 1 aliphatic carbocycles. The number of fused-ring (bicyclic) bond motifs is 1. The number of anilines is 1. The standard InChI is InChI=1S/C15H15N5O5S2/c16-15-17-7(4-27-15)8(19-25)11(21)18-9-12(22)20-10(14(23)24)6(5-1-2-5)3-26-13(9)20/h4-5,9,13,25H,1-3H2,(H2,16,17)(H,18,21)(H,23,24)/b19-8-/t9-,13-/m1/s1. The molecule has 1 saturated heterocycles. The molecule has 3 heterocycles. The van der Waals surface area contributed by atoms with Crippen LogP contribution in [-0.4, -0.2) is 60.9 Å². The van der Waals surface area contributed by atoms with Gasteiger partial charge in [0.25, 0.3) is 11.8 Å². The smallest absolute Gasteiger partial charge is 0.352 e. The predicted octanol–water partition coefficient (Wildman–Crippen LogP) is 0.0522. The van der Waals surface area contributed by atoms with Crippen molar-refractivity contribution in [3.8, 4) is 0 Å². The molecule has 0 spiro atoms. The first kappa shape index (κ1) is 17.8. The molecule has 0 aromatic carbocycles. The maximum Gasteiger partial charge on any atom is 0.352 e. The molecule has 0 radical (unpaired) electrons. The van der Waals surface area contributed by atoms with Gasteiger partial charge in [-0.3, -0.25) is 14.5 Å². The highest BCUT2D eigenvalue weighted by Gasteiger charge is 2.55. The molecule has 4 rings (SSSR count). The van der Waals surface area contributed by atoms with E-state index in [1.54, 1.807) is 0 Å². The number of nitrogen functional groups attached to an aromatic ring is 1. The van der Waals surface area contributed by atoms with Crippen molar-refractivity contribution < 1.29 is 24.7 Å². The molecule has 0 unspecified atom stereocenters. The van der Waals surface area contributed by atoms with Gasteiger partial charge in [0.05, 0.1) is 0 Å². The number of thioether (sulfide) groups is 1. The second-order valence-electron chi connectivity index (χ2n) is 6.33. The van der Waals surface area contributed by atoms with Crippen molar-refractivity contribution in [1.82, 2.24) is 15.2 Å². The largest absolute Gasteiger partial charge is 0.477 e. The van der Waals surface area contributed by atoms with Crippen LogP contribution in [0.25, 0.3) is 0 Å². The zero-order valence-corrected chi connectivity index (χ0v) is 15.4. The Morgan fingerprint density at radius 1 is 1.41 bits per heavy atom. The zero-order valence-electron chi connectivity index (χ0n) is 13.8. The molecular weight excluding hydrogens is 394 g/mol. The number of carboxylic acids is 1. The Morgan fingerprint density at radius 3 is 2.70 bits per heavy atom. The lowest BCUT2D eigenvalue weighted by atomic mass is 10.0. The van der Waals surface area contributed by atoms with E-state index in [2.05, 4.69) is 15.5 Å². The van der Waals surface area contributed by atoms with Crippen LogP contribution in [0.4, 0.5) is 5.13 Å². The number of carboxylic acid groups (broad SMARTS) is 1. The van der Waals surface area contributed by atoms with Gasteiger partial charge in [0.2, 0.25) is 0 Å². The third-order valence-corrected chi connectivity index (χ3v) is 6.61. The fourth-order valence-electron chi connectivity index (χ4n) is 3.21. The molecule has 2 atom stereocenters. The highest BCUT2D eigenvalue weighted by atomic mass is 32.2. The van der Waals surface area contributed by atoms with Gasteiger partial charge in [-0.15, -0.1) is 23.1 Å². The highest BCUT2D eigenvalue weighted by molar-refractivity contribution is 8.00. The van der Waals surface area contributed by atoms with Crippen LogP contribution in [0.3, 0.4) is 0 Å². The number of nitrogens with one attached hydrogen (secondary N) is 1. The fraction of sp³-hybridized carbons (Fsp3) is 0.400. The van der Waals surface area contributed by atoms with Gasteiger partial charge in [-0.25, -0.2) is 9.78 Å². The van der Waals surface area contributed by atoms with E-state index >= 15 is 0 Å². The lowest BCUT2D eigenvalue weighted by Crippen LogP contribution is -2.71. The fourth-order valence-corrected chi connectivity index (χ4v) is 5.21. The van der Waals surface area contributed by atoms with Gasteiger partial charge in [0.15, 0.2) is 10.8 Å². The van der Waals surface area contributed by atoms with Crippen molar-refractivity contribution >= 4 is 51.7 Å². The Morgan fingerprint density at radius 2 is 2.15 bits per heavy atom. The first-order valence-corrected chi connectivity index (χ1v) is 10.0. The summed E-state index contributed by atoms with van der Waals surface area (Å²) < 4.78 is 0. The maximum absolute atomic E-state index is 12.6. The summed E-state index contributed by atoms with van der Waals surface area (Å²) >= 11 is 2.50.